The summed E-state index contributed by atoms with van der Waals surface area (Å²) in [5, 5.41) is 12.6. The van der Waals surface area contributed by atoms with Crippen LogP contribution in [0.3, 0.4) is 0 Å². The van der Waals surface area contributed by atoms with Gasteiger partial charge in [0.15, 0.2) is 0 Å². The van der Waals surface area contributed by atoms with Crippen molar-refractivity contribution < 1.29 is 0 Å². The molecule has 0 amide bonds. The van der Waals surface area contributed by atoms with Crippen LogP contribution in [0.2, 0.25) is 0 Å². The first-order chi connectivity index (χ1) is 22.2. The minimum Gasteiger partial charge on any atom is -0.309 e. The lowest BCUT2D eigenvalue weighted by molar-refractivity contribution is 1.19. The highest BCUT2D eigenvalue weighted by Gasteiger charge is 2.19. The largest absolute Gasteiger partial charge is 0.309 e. The Balaban J connectivity index is 1.48. The molecule has 0 fully saturated rings. The summed E-state index contributed by atoms with van der Waals surface area (Å²) < 4.78 is 2.43. The number of hydrogen-bond donors (Lipinski definition) is 1. The van der Waals surface area contributed by atoms with Crippen molar-refractivity contribution >= 4 is 50.1 Å². The van der Waals surface area contributed by atoms with Gasteiger partial charge in [-0.2, -0.15) is 0 Å². The second kappa shape index (κ2) is 10.9. The van der Waals surface area contributed by atoms with E-state index in [1.54, 1.807) is 6.08 Å². The minimum absolute atomic E-state index is 0.828. The van der Waals surface area contributed by atoms with Crippen molar-refractivity contribution in [1.82, 2.24) is 4.57 Å². The van der Waals surface area contributed by atoms with Gasteiger partial charge >= 0.3 is 0 Å². The van der Waals surface area contributed by atoms with Crippen LogP contribution >= 0.6 is 0 Å². The molecule has 0 aliphatic carbocycles. The Morgan fingerprint density at radius 2 is 1.31 bits per heavy atom. The molecule has 0 bridgehead atoms. The normalized spacial score (nSPS) is 12.8. The van der Waals surface area contributed by atoms with E-state index in [1.807, 2.05) is 12.3 Å². The molecule has 1 N–H and O–H groups in total. The molecule has 0 unspecified atom stereocenters. The minimum atomic E-state index is 0.828. The molecule has 0 spiro atoms. The van der Waals surface area contributed by atoms with Crippen LogP contribution in [0.4, 0.5) is 0 Å². The lowest BCUT2D eigenvalue weighted by Crippen LogP contribution is -2.02. The third-order valence-corrected chi connectivity index (χ3v) is 8.66. The maximum absolute atomic E-state index is 7.96. The summed E-state index contributed by atoms with van der Waals surface area (Å²) in [5.74, 6) is 0. The first kappa shape index (κ1) is 26.6. The predicted molar refractivity (Wildman–Crippen MR) is 192 cm³/mol. The quantitative estimate of drug-likeness (QED) is 0.145. The number of allylic oxidation sites excluding steroid dienone is 4. The van der Waals surface area contributed by atoms with Crippen LogP contribution < -0.4 is 0 Å². The van der Waals surface area contributed by atoms with Crippen molar-refractivity contribution in [1.29, 1.82) is 5.41 Å². The Labute approximate surface area is 261 Å². The number of nitrogens with one attached hydrogen (secondary N) is 1. The first-order valence-corrected chi connectivity index (χ1v) is 15.1. The van der Waals surface area contributed by atoms with Crippen molar-refractivity contribution in [2.45, 2.75) is 0 Å². The summed E-state index contributed by atoms with van der Waals surface area (Å²) >= 11 is 0. The van der Waals surface area contributed by atoms with E-state index in [2.05, 4.69) is 150 Å². The van der Waals surface area contributed by atoms with Gasteiger partial charge in [-0.25, -0.2) is 0 Å². The molecule has 1 aliphatic rings. The highest BCUT2D eigenvalue weighted by atomic mass is 15.0. The van der Waals surface area contributed by atoms with Gasteiger partial charge in [0.1, 0.15) is 0 Å². The number of aromatic nitrogens is 1. The maximum atomic E-state index is 7.96. The number of nitrogens with zero attached hydrogens (tertiary/aromatic N) is 2. The van der Waals surface area contributed by atoms with Gasteiger partial charge in [-0.05, 0) is 75.2 Å². The molecule has 212 valence electrons. The lowest BCUT2D eigenvalue weighted by Gasteiger charge is -2.15. The number of benzene rings is 6. The molecule has 1 aliphatic heterocycles. The molecule has 7 aromatic rings. The molecule has 0 saturated carbocycles. The predicted octanol–water partition coefficient (Wildman–Crippen LogP) is 10.8. The summed E-state index contributed by atoms with van der Waals surface area (Å²) in [6.07, 6.45) is 8.90. The Hall–Kier alpha value is -6.06. The van der Waals surface area contributed by atoms with Gasteiger partial charge in [0, 0.05) is 39.8 Å². The highest BCUT2D eigenvalue weighted by Crippen LogP contribution is 2.40. The second-order valence-electron chi connectivity index (χ2n) is 11.3. The Morgan fingerprint density at radius 1 is 0.644 bits per heavy atom. The smallest absolute Gasteiger partial charge is 0.0718 e. The van der Waals surface area contributed by atoms with E-state index in [0.717, 1.165) is 61.0 Å². The topological polar surface area (TPSA) is 41.1 Å². The van der Waals surface area contributed by atoms with Crippen molar-refractivity contribution in [3.63, 3.8) is 0 Å². The molecular weight excluding hydrogens is 546 g/mol. The van der Waals surface area contributed by atoms with Crippen molar-refractivity contribution in [2.75, 3.05) is 0 Å². The van der Waals surface area contributed by atoms with Gasteiger partial charge < -0.3 is 9.98 Å². The van der Waals surface area contributed by atoms with Gasteiger partial charge in [0.05, 0.1) is 16.7 Å². The molecule has 45 heavy (non-hydrogen) atoms. The Morgan fingerprint density at radius 3 is 1.93 bits per heavy atom. The number of aliphatic imine (C=N–C) groups is 1. The van der Waals surface area contributed by atoms with Crippen LogP contribution in [0, 0.1) is 5.41 Å². The number of rotatable bonds is 7. The van der Waals surface area contributed by atoms with Crippen LogP contribution in [-0.2, 0) is 0 Å². The fourth-order valence-electron chi connectivity index (χ4n) is 6.45. The molecule has 3 heteroatoms. The van der Waals surface area contributed by atoms with Crippen molar-refractivity contribution in [2.24, 2.45) is 4.99 Å². The fraction of sp³-hybridized carbons (Fsp3) is 0. The molecular formula is C42H29N3. The Kier molecular flexibility index (Phi) is 6.43. The van der Waals surface area contributed by atoms with E-state index in [1.165, 1.54) is 28.1 Å². The van der Waals surface area contributed by atoms with E-state index in [-0.39, 0.29) is 0 Å². The van der Waals surface area contributed by atoms with E-state index < -0.39 is 0 Å². The molecule has 3 nitrogen and oxygen atoms in total. The molecule has 2 heterocycles. The standard InChI is InChI=1S/C42H29N3/c1-2-9-33(27-43)30-14-17-37-31(22-30)15-19-39-38-18-16-32(40-20-21-44-40)26-41(38)45(42(37)39)36-24-34(28-10-5-3-6-11-28)23-35(25-36)29-12-7-4-8-13-29/h2-27,43H,1H2/b33-9+,43-27?. The molecule has 0 radical (unpaired) electrons. The SMILES string of the molecule is C=C/C=C(\C=N)c1ccc2c(ccc3c4ccc(C5=NC=C5)cc4n(-c4cc(-c5ccccc5)cc(-c5ccccc5)c4)c23)c1. The van der Waals surface area contributed by atoms with Gasteiger partial charge in [-0.1, -0.05) is 116 Å². The van der Waals surface area contributed by atoms with Crippen LogP contribution in [-0.4, -0.2) is 16.5 Å². The zero-order valence-corrected chi connectivity index (χ0v) is 24.6. The summed E-state index contributed by atoms with van der Waals surface area (Å²) in [6.45, 7) is 3.84. The van der Waals surface area contributed by atoms with Crippen LogP contribution in [0.1, 0.15) is 11.1 Å². The van der Waals surface area contributed by atoms with Gasteiger partial charge in [0.2, 0.25) is 0 Å². The maximum Gasteiger partial charge on any atom is 0.0718 e. The van der Waals surface area contributed by atoms with Crippen molar-refractivity contribution in [3.8, 4) is 27.9 Å². The monoisotopic (exact) mass is 575 g/mol. The number of fused-ring (bicyclic) bond motifs is 5. The van der Waals surface area contributed by atoms with Crippen molar-refractivity contribution in [3.05, 3.63) is 170 Å². The van der Waals surface area contributed by atoms with Gasteiger partial charge in [0.25, 0.3) is 0 Å². The highest BCUT2D eigenvalue weighted by molar-refractivity contribution is 6.21. The van der Waals surface area contributed by atoms with Crippen LogP contribution in [0.5, 0.6) is 0 Å². The second-order valence-corrected chi connectivity index (χ2v) is 11.3. The van der Waals surface area contributed by atoms with E-state index in [9.17, 15) is 0 Å². The fourth-order valence-corrected chi connectivity index (χ4v) is 6.45. The summed E-state index contributed by atoms with van der Waals surface area (Å²) in [4.78, 5) is 4.51. The lowest BCUT2D eigenvalue weighted by atomic mass is 9.97. The molecule has 8 rings (SSSR count). The molecule has 0 atom stereocenters. The first-order valence-electron chi connectivity index (χ1n) is 15.1. The van der Waals surface area contributed by atoms with E-state index >= 15 is 0 Å². The summed E-state index contributed by atoms with van der Waals surface area (Å²) in [6, 6.07) is 45.7. The van der Waals surface area contributed by atoms with Crippen LogP contribution in [0.15, 0.2) is 163 Å². The average Bonchev–Trinajstić information content (AvgIpc) is 3.41. The summed E-state index contributed by atoms with van der Waals surface area (Å²) in [7, 11) is 0. The zero-order chi connectivity index (χ0) is 30.3. The molecule has 6 aromatic carbocycles. The molecule has 1 aromatic heterocycles. The van der Waals surface area contributed by atoms with Crippen LogP contribution in [0.25, 0.3) is 66.1 Å². The third kappa shape index (κ3) is 4.54. The van der Waals surface area contributed by atoms with E-state index in [4.69, 9.17) is 5.41 Å². The third-order valence-electron chi connectivity index (χ3n) is 8.66. The Bertz CT molecular complexity index is 2330. The van der Waals surface area contributed by atoms with Gasteiger partial charge in [-0.3, -0.25) is 4.99 Å². The summed E-state index contributed by atoms with van der Waals surface area (Å²) in [5.41, 5.74) is 12.0. The average molecular weight is 576 g/mol. The number of hydrogen-bond acceptors (Lipinski definition) is 2. The van der Waals surface area contributed by atoms with Gasteiger partial charge in [-0.15, -0.1) is 0 Å². The molecule has 0 saturated heterocycles. The zero-order valence-electron chi connectivity index (χ0n) is 24.6. The van der Waals surface area contributed by atoms with E-state index in [0.29, 0.717) is 0 Å².